The van der Waals surface area contributed by atoms with Crippen LogP contribution >= 0.6 is 11.6 Å². The van der Waals surface area contributed by atoms with Crippen LogP contribution in [-0.2, 0) is 6.54 Å². The van der Waals surface area contributed by atoms with Crippen LogP contribution in [0.3, 0.4) is 0 Å². The van der Waals surface area contributed by atoms with E-state index in [9.17, 15) is 9.90 Å². The molecular formula is C15H24ClN3O2. The van der Waals surface area contributed by atoms with E-state index in [-0.39, 0.29) is 17.4 Å². The fourth-order valence-corrected chi connectivity index (χ4v) is 2.17. The normalized spacial score (nSPS) is 13.1. The van der Waals surface area contributed by atoms with Crippen LogP contribution < -0.4 is 10.6 Å². The second-order valence-corrected chi connectivity index (χ2v) is 6.62. The van der Waals surface area contributed by atoms with E-state index in [0.717, 1.165) is 5.69 Å². The molecule has 3 N–H and O–H groups in total. The van der Waals surface area contributed by atoms with E-state index < -0.39 is 6.10 Å². The molecule has 1 aromatic heterocycles. The molecule has 21 heavy (non-hydrogen) atoms. The van der Waals surface area contributed by atoms with Crippen molar-refractivity contribution < 1.29 is 9.90 Å². The monoisotopic (exact) mass is 313 g/mol. The molecule has 2 amide bonds. The zero-order chi connectivity index (χ0) is 16.0. The highest BCUT2D eigenvalue weighted by molar-refractivity contribution is 6.30. The molecule has 0 spiro atoms. The molecule has 0 saturated heterocycles. The minimum Gasteiger partial charge on any atom is -0.392 e. The van der Waals surface area contributed by atoms with Crippen LogP contribution in [0, 0.1) is 11.3 Å². The molecule has 6 heteroatoms. The van der Waals surface area contributed by atoms with Gasteiger partial charge in [-0.05, 0) is 18.1 Å². The van der Waals surface area contributed by atoms with Crippen molar-refractivity contribution in [2.24, 2.45) is 11.3 Å². The van der Waals surface area contributed by atoms with Crippen LogP contribution in [0.1, 0.15) is 33.4 Å². The summed E-state index contributed by atoms with van der Waals surface area (Å²) in [6.45, 7) is 8.50. The first-order valence-electron chi connectivity index (χ1n) is 7.02. The molecule has 0 aliphatic heterocycles. The van der Waals surface area contributed by atoms with Gasteiger partial charge in [-0.1, -0.05) is 39.3 Å². The molecule has 0 fully saturated rings. The van der Waals surface area contributed by atoms with Crippen LogP contribution in [0.2, 0.25) is 5.02 Å². The molecule has 1 unspecified atom stereocenters. The average molecular weight is 314 g/mol. The maximum atomic E-state index is 11.8. The van der Waals surface area contributed by atoms with Gasteiger partial charge in [0, 0.05) is 18.2 Å². The number of carbonyl (C=O) groups excluding carboxylic acids is 1. The minimum absolute atomic E-state index is 0.142. The lowest BCUT2D eigenvalue weighted by Gasteiger charge is -2.33. The molecular weight excluding hydrogens is 290 g/mol. The number of halogens is 1. The van der Waals surface area contributed by atoms with Crippen LogP contribution in [-0.4, -0.2) is 28.8 Å². The standard InChI is InChI=1S/C15H24ClN3O2/c1-10(2)13(20)15(3,4)9-19-14(21)18-8-12-6-5-11(16)7-17-12/h5-7,10,13,20H,8-9H2,1-4H3,(H2,18,19,21). The van der Waals surface area contributed by atoms with Crippen molar-refractivity contribution in [1.82, 2.24) is 15.6 Å². The number of aromatic nitrogens is 1. The average Bonchev–Trinajstić information content (AvgIpc) is 2.43. The maximum absolute atomic E-state index is 11.8. The number of urea groups is 1. The predicted octanol–water partition coefficient (Wildman–Crippen LogP) is 2.58. The highest BCUT2D eigenvalue weighted by atomic mass is 35.5. The van der Waals surface area contributed by atoms with Crippen molar-refractivity contribution in [3.8, 4) is 0 Å². The Labute approximate surface area is 131 Å². The third kappa shape index (κ3) is 5.89. The zero-order valence-electron chi connectivity index (χ0n) is 13.0. The fourth-order valence-electron chi connectivity index (χ4n) is 2.06. The first-order valence-corrected chi connectivity index (χ1v) is 7.40. The van der Waals surface area contributed by atoms with E-state index in [0.29, 0.717) is 18.1 Å². The quantitative estimate of drug-likeness (QED) is 0.755. The topological polar surface area (TPSA) is 74.2 Å². The van der Waals surface area contributed by atoms with Crippen molar-refractivity contribution in [1.29, 1.82) is 0 Å². The number of carbonyl (C=O) groups is 1. The number of hydrogen-bond donors (Lipinski definition) is 3. The second kappa shape index (κ2) is 7.61. The Hall–Kier alpha value is -1.33. The molecule has 0 saturated carbocycles. The van der Waals surface area contributed by atoms with Crippen molar-refractivity contribution >= 4 is 17.6 Å². The molecule has 5 nitrogen and oxygen atoms in total. The Bertz CT molecular complexity index is 460. The second-order valence-electron chi connectivity index (χ2n) is 6.18. The van der Waals surface area contributed by atoms with E-state index in [1.807, 2.05) is 27.7 Å². The lowest BCUT2D eigenvalue weighted by atomic mass is 9.81. The largest absolute Gasteiger partial charge is 0.392 e. The zero-order valence-corrected chi connectivity index (χ0v) is 13.7. The summed E-state index contributed by atoms with van der Waals surface area (Å²) in [6, 6.07) is 3.21. The first kappa shape index (κ1) is 17.7. The van der Waals surface area contributed by atoms with Crippen LogP contribution in [0.5, 0.6) is 0 Å². The van der Waals surface area contributed by atoms with Gasteiger partial charge in [-0.15, -0.1) is 0 Å². The van der Waals surface area contributed by atoms with E-state index in [1.165, 1.54) is 0 Å². The number of pyridine rings is 1. The van der Waals surface area contributed by atoms with E-state index in [2.05, 4.69) is 15.6 Å². The van der Waals surface area contributed by atoms with Gasteiger partial charge in [0.05, 0.1) is 23.4 Å². The Balaban J connectivity index is 2.39. The number of hydrogen-bond acceptors (Lipinski definition) is 3. The Morgan fingerprint density at radius 3 is 2.57 bits per heavy atom. The highest BCUT2D eigenvalue weighted by Crippen LogP contribution is 2.24. The first-order chi connectivity index (χ1) is 9.72. The minimum atomic E-state index is -0.476. The van der Waals surface area contributed by atoms with Crippen molar-refractivity contribution in [2.45, 2.75) is 40.3 Å². The Morgan fingerprint density at radius 1 is 1.38 bits per heavy atom. The Morgan fingerprint density at radius 2 is 2.05 bits per heavy atom. The number of aliphatic hydroxyl groups is 1. The third-order valence-electron chi connectivity index (χ3n) is 3.36. The summed E-state index contributed by atoms with van der Waals surface area (Å²) in [5, 5.41) is 16.2. The highest BCUT2D eigenvalue weighted by Gasteiger charge is 2.30. The SMILES string of the molecule is CC(C)C(O)C(C)(C)CNC(=O)NCc1ccc(Cl)cn1. The number of amides is 2. The molecule has 0 aliphatic rings. The summed E-state index contributed by atoms with van der Waals surface area (Å²) in [6.07, 6.45) is 1.06. The van der Waals surface area contributed by atoms with Gasteiger partial charge in [-0.25, -0.2) is 4.79 Å². The molecule has 1 rings (SSSR count). The van der Waals surface area contributed by atoms with E-state index in [4.69, 9.17) is 11.6 Å². The smallest absolute Gasteiger partial charge is 0.315 e. The molecule has 0 aromatic carbocycles. The lowest BCUT2D eigenvalue weighted by molar-refractivity contribution is 0.0151. The number of rotatable bonds is 6. The molecule has 118 valence electrons. The van der Waals surface area contributed by atoms with Crippen molar-refractivity contribution in [2.75, 3.05) is 6.54 Å². The molecule has 1 aromatic rings. The third-order valence-corrected chi connectivity index (χ3v) is 3.58. The van der Waals surface area contributed by atoms with E-state index in [1.54, 1.807) is 18.3 Å². The molecule has 0 bridgehead atoms. The molecule has 1 atom stereocenters. The summed E-state index contributed by atoms with van der Waals surface area (Å²) in [5.74, 6) is 0.142. The molecule has 0 aliphatic carbocycles. The number of nitrogens with zero attached hydrogens (tertiary/aromatic N) is 1. The van der Waals surface area contributed by atoms with Crippen LogP contribution in [0.15, 0.2) is 18.3 Å². The maximum Gasteiger partial charge on any atom is 0.315 e. The van der Waals surface area contributed by atoms with Gasteiger partial charge in [0.1, 0.15) is 0 Å². The van der Waals surface area contributed by atoms with Gasteiger partial charge in [0.15, 0.2) is 0 Å². The van der Waals surface area contributed by atoms with Crippen molar-refractivity contribution in [3.63, 3.8) is 0 Å². The van der Waals surface area contributed by atoms with Gasteiger partial charge in [0.25, 0.3) is 0 Å². The summed E-state index contributed by atoms with van der Waals surface area (Å²) in [5.41, 5.74) is 0.348. The fraction of sp³-hybridized carbons (Fsp3) is 0.600. The number of nitrogens with one attached hydrogen (secondary N) is 2. The van der Waals surface area contributed by atoms with Gasteiger partial charge in [-0.2, -0.15) is 0 Å². The lowest BCUT2D eigenvalue weighted by Crippen LogP contribution is -2.46. The predicted molar refractivity (Wildman–Crippen MR) is 84.1 cm³/mol. The van der Waals surface area contributed by atoms with Gasteiger partial charge >= 0.3 is 6.03 Å². The summed E-state index contributed by atoms with van der Waals surface area (Å²) < 4.78 is 0. The summed E-state index contributed by atoms with van der Waals surface area (Å²) >= 11 is 5.74. The Kier molecular flexibility index (Phi) is 6.42. The summed E-state index contributed by atoms with van der Waals surface area (Å²) in [4.78, 5) is 15.9. The van der Waals surface area contributed by atoms with Gasteiger partial charge in [0.2, 0.25) is 0 Å². The van der Waals surface area contributed by atoms with Gasteiger partial charge < -0.3 is 15.7 Å². The van der Waals surface area contributed by atoms with Gasteiger partial charge in [-0.3, -0.25) is 4.98 Å². The van der Waals surface area contributed by atoms with E-state index >= 15 is 0 Å². The molecule has 0 radical (unpaired) electrons. The van der Waals surface area contributed by atoms with Crippen LogP contribution in [0.25, 0.3) is 0 Å². The molecule has 1 heterocycles. The van der Waals surface area contributed by atoms with Crippen molar-refractivity contribution in [3.05, 3.63) is 29.0 Å². The van der Waals surface area contributed by atoms with Crippen LogP contribution in [0.4, 0.5) is 4.79 Å². The number of aliphatic hydroxyl groups excluding tert-OH is 1. The summed E-state index contributed by atoms with van der Waals surface area (Å²) in [7, 11) is 0.